The van der Waals surface area contributed by atoms with Gasteiger partial charge in [0, 0.05) is 26.2 Å². The molecule has 2 fully saturated rings. The minimum absolute atomic E-state index is 0.231. The first-order chi connectivity index (χ1) is 8.84. The maximum Gasteiger partial charge on any atom is 0.220 e. The van der Waals surface area contributed by atoms with Gasteiger partial charge in [-0.2, -0.15) is 0 Å². The van der Waals surface area contributed by atoms with Gasteiger partial charge in [-0.1, -0.05) is 0 Å². The molecule has 18 heavy (non-hydrogen) atoms. The summed E-state index contributed by atoms with van der Waals surface area (Å²) in [6.07, 6.45) is 6.39. The smallest absolute Gasteiger partial charge is 0.220 e. The molecule has 4 nitrogen and oxygen atoms in total. The summed E-state index contributed by atoms with van der Waals surface area (Å²) < 4.78 is 5.33. The molecule has 0 aromatic rings. The summed E-state index contributed by atoms with van der Waals surface area (Å²) in [4.78, 5) is 11.7. The van der Waals surface area contributed by atoms with Crippen molar-refractivity contribution in [3.05, 3.63) is 0 Å². The number of nitrogens with one attached hydrogen (secondary N) is 2. The van der Waals surface area contributed by atoms with Gasteiger partial charge >= 0.3 is 0 Å². The number of hydrogen-bond acceptors (Lipinski definition) is 3. The molecule has 2 rings (SSSR count). The Morgan fingerprint density at radius 1 is 1.17 bits per heavy atom. The lowest BCUT2D eigenvalue weighted by Gasteiger charge is -2.21. The first-order valence-corrected chi connectivity index (χ1v) is 7.40. The third kappa shape index (κ3) is 4.94. The zero-order chi connectivity index (χ0) is 12.6. The van der Waals surface area contributed by atoms with E-state index in [1.165, 1.54) is 6.42 Å². The summed E-state index contributed by atoms with van der Waals surface area (Å²) in [5.41, 5.74) is 0. The van der Waals surface area contributed by atoms with Crippen LogP contribution in [0.5, 0.6) is 0 Å². The van der Waals surface area contributed by atoms with Crippen LogP contribution in [-0.4, -0.2) is 38.8 Å². The van der Waals surface area contributed by atoms with Gasteiger partial charge in [0.1, 0.15) is 0 Å². The average Bonchev–Trinajstić information content (AvgIpc) is 2.91. The van der Waals surface area contributed by atoms with Crippen molar-refractivity contribution in [3.8, 4) is 0 Å². The van der Waals surface area contributed by atoms with Crippen molar-refractivity contribution in [1.82, 2.24) is 10.6 Å². The summed E-state index contributed by atoms with van der Waals surface area (Å²) in [7, 11) is 0. The summed E-state index contributed by atoms with van der Waals surface area (Å²) in [5.74, 6) is 1.69. The molecular formula is C14H26N2O2. The van der Waals surface area contributed by atoms with Crippen LogP contribution in [0.4, 0.5) is 0 Å². The van der Waals surface area contributed by atoms with E-state index in [0.717, 1.165) is 64.4 Å². The van der Waals surface area contributed by atoms with Crippen molar-refractivity contribution in [2.24, 2.45) is 11.8 Å². The highest BCUT2D eigenvalue weighted by atomic mass is 16.5. The second kappa shape index (κ2) is 7.74. The Morgan fingerprint density at radius 3 is 2.72 bits per heavy atom. The van der Waals surface area contributed by atoms with Crippen molar-refractivity contribution in [2.75, 3.05) is 32.8 Å². The van der Waals surface area contributed by atoms with Crippen molar-refractivity contribution in [2.45, 2.75) is 38.5 Å². The van der Waals surface area contributed by atoms with Gasteiger partial charge in [0.05, 0.1) is 0 Å². The van der Waals surface area contributed by atoms with Crippen LogP contribution in [0, 0.1) is 11.8 Å². The molecule has 1 atom stereocenters. The Balaban J connectivity index is 1.48. The lowest BCUT2D eigenvalue weighted by atomic mass is 9.96. The molecule has 2 aliphatic rings. The molecule has 1 unspecified atom stereocenters. The second-order valence-corrected chi connectivity index (χ2v) is 5.59. The van der Waals surface area contributed by atoms with Crippen LogP contribution in [0.3, 0.4) is 0 Å². The Morgan fingerprint density at radius 2 is 2.00 bits per heavy atom. The Bertz CT molecular complexity index is 246. The van der Waals surface area contributed by atoms with E-state index in [1.807, 2.05) is 0 Å². The molecule has 0 spiro atoms. The maximum absolute atomic E-state index is 11.7. The van der Waals surface area contributed by atoms with Crippen molar-refractivity contribution < 1.29 is 9.53 Å². The molecule has 2 aliphatic heterocycles. The molecule has 2 saturated heterocycles. The molecule has 0 bridgehead atoms. The van der Waals surface area contributed by atoms with E-state index in [1.54, 1.807) is 0 Å². The molecule has 104 valence electrons. The fourth-order valence-corrected chi connectivity index (χ4v) is 2.84. The topological polar surface area (TPSA) is 50.4 Å². The number of carbonyl (C=O) groups is 1. The normalized spacial score (nSPS) is 25.2. The Labute approximate surface area is 110 Å². The van der Waals surface area contributed by atoms with Gasteiger partial charge in [0.15, 0.2) is 0 Å². The van der Waals surface area contributed by atoms with Crippen LogP contribution in [0.25, 0.3) is 0 Å². The summed E-state index contributed by atoms with van der Waals surface area (Å²) >= 11 is 0. The van der Waals surface area contributed by atoms with Gasteiger partial charge in [0.2, 0.25) is 5.91 Å². The Kier molecular flexibility index (Phi) is 5.94. The monoisotopic (exact) mass is 254 g/mol. The SMILES string of the molecule is O=C(CCC1CCNC1)NCCC1CCOCC1. The third-order valence-corrected chi connectivity index (χ3v) is 4.16. The lowest BCUT2D eigenvalue weighted by Crippen LogP contribution is -2.27. The van der Waals surface area contributed by atoms with Gasteiger partial charge in [-0.05, 0) is 57.0 Å². The van der Waals surface area contributed by atoms with E-state index in [-0.39, 0.29) is 5.91 Å². The van der Waals surface area contributed by atoms with E-state index in [4.69, 9.17) is 4.74 Å². The molecule has 0 saturated carbocycles. The highest BCUT2D eigenvalue weighted by Crippen LogP contribution is 2.17. The van der Waals surface area contributed by atoms with E-state index in [2.05, 4.69) is 10.6 Å². The summed E-state index contributed by atoms with van der Waals surface area (Å²) in [6, 6.07) is 0. The van der Waals surface area contributed by atoms with Crippen molar-refractivity contribution in [1.29, 1.82) is 0 Å². The second-order valence-electron chi connectivity index (χ2n) is 5.59. The van der Waals surface area contributed by atoms with Gasteiger partial charge in [-0.3, -0.25) is 4.79 Å². The zero-order valence-electron chi connectivity index (χ0n) is 11.2. The standard InChI is InChI=1S/C14H26N2O2/c17-14(2-1-13-3-7-15-11-13)16-8-4-12-5-9-18-10-6-12/h12-13,15H,1-11H2,(H,16,17). The van der Waals surface area contributed by atoms with Gasteiger partial charge in [-0.15, -0.1) is 0 Å². The predicted molar refractivity (Wildman–Crippen MR) is 71.4 cm³/mol. The van der Waals surface area contributed by atoms with Crippen molar-refractivity contribution >= 4 is 5.91 Å². The first-order valence-electron chi connectivity index (χ1n) is 7.40. The molecule has 2 heterocycles. The molecule has 0 radical (unpaired) electrons. The van der Waals surface area contributed by atoms with E-state index < -0.39 is 0 Å². The van der Waals surface area contributed by atoms with Gasteiger partial charge < -0.3 is 15.4 Å². The highest BCUT2D eigenvalue weighted by molar-refractivity contribution is 5.75. The quantitative estimate of drug-likeness (QED) is 0.751. The zero-order valence-corrected chi connectivity index (χ0v) is 11.2. The molecular weight excluding hydrogens is 228 g/mol. The van der Waals surface area contributed by atoms with Crippen LogP contribution in [0.15, 0.2) is 0 Å². The van der Waals surface area contributed by atoms with E-state index in [9.17, 15) is 4.79 Å². The number of rotatable bonds is 6. The molecule has 2 N–H and O–H groups in total. The minimum Gasteiger partial charge on any atom is -0.381 e. The predicted octanol–water partition coefficient (Wildman–Crippen LogP) is 1.31. The number of ether oxygens (including phenoxy) is 1. The van der Waals surface area contributed by atoms with Crippen molar-refractivity contribution in [3.63, 3.8) is 0 Å². The maximum atomic E-state index is 11.7. The van der Waals surface area contributed by atoms with Crippen LogP contribution in [0.1, 0.15) is 38.5 Å². The van der Waals surface area contributed by atoms with Crippen LogP contribution < -0.4 is 10.6 Å². The van der Waals surface area contributed by atoms with Gasteiger partial charge in [0.25, 0.3) is 0 Å². The molecule has 4 heteroatoms. The fourth-order valence-electron chi connectivity index (χ4n) is 2.84. The molecule has 0 aromatic heterocycles. The number of carbonyl (C=O) groups excluding carboxylic acids is 1. The molecule has 0 aromatic carbocycles. The summed E-state index contributed by atoms with van der Waals surface area (Å²) in [6.45, 7) is 4.85. The largest absolute Gasteiger partial charge is 0.381 e. The number of amides is 1. The van der Waals surface area contributed by atoms with Gasteiger partial charge in [-0.25, -0.2) is 0 Å². The first kappa shape index (κ1) is 13.8. The average molecular weight is 254 g/mol. The molecule has 1 amide bonds. The van der Waals surface area contributed by atoms with Crippen LogP contribution in [0.2, 0.25) is 0 Å². The lowest BCUT2D eigenvalue weighted by molar-refractivity contribution is -0.121. The van der Waals surface area contributed by atoms with Crippen LogP contribution >= 0.6 is 0 Å². The highest BCUT2D eigenvalue weighted by Gasteiger charge is 2.16. The van der Waals surface area contributed by atoms with Crippen LogP contribution in [-0.2, 0) is 9.53 Å². The van der Waals surface area contributed by atoms with E-state index in [0.29, 0.717) is 12.3 Å². The number of hydrogen-bond donors (Lipinski definition) is 2. The fraction of sp³-hybridized carbons (Fsp3) is 0.929. The third-order valence-electron chi connectivity index (χ3n) is 4.16. The summed E-state index contributed by atoms with van der Waals surface area (Å²) in [5, 5.41) is 6.39. The van der Waals surface area contributed by atoms with E-state index >= 15 is 0 Å². The Hall–Kier alpha value is -0.610. The molecule has 0 aliphatic carbocycles. The minimum atomic E-state index is 0.231.